The molecule has 1 saturated heterocycles. The fraction of sp³-hybridized carbons (Fsp3) is 0.350. The molecule has 11 heteroatoms. The molecular weight excluding hydrogens is 521 g/mol. The average Bonchev–Trinajstić information content (AvgIpc) is 2.68. The maximum Gasteiger partial charge on any atom is 0.416 e. The van der Waals surface area contributed by atoms with E-state index in [1.54, 1.807) is 24.3 Å². The summed E-state index contributed by atoms with van der Waals surface area (Å²) in [6.45, 7) is 0.315. The molecule has 1 fully saturated rings. The van der Waals surface area contributed by atoms with Crippen LogP contribution in [0.5, 0.6) is 0 Å². The van der Waals surface area contributed by atoms with Gasteiger partial charge in [-0.2, -0.15) is 13.2 Å². The number of hydrogen-bond acceptors (Lipinski definition) is 3. The number of carbonyl (C=O) groups excluding carboxylic acids is 1. The summed E-state index contributed by atoms with van der Waals surface area (Å²) in [5.41, 5.74) is -0.389. The van der Waals surface area contributed by atoms with Crippen molar-refractivity contribution in [1.82, 2.24) is 4.31 Å². The minimum atomic E-state index is -4.56. The third-order valence-electron chi connectivity index (χ3n) is 5.01. The molecule has 0 atom stereocenters. The molecule has 31 heavy (non-hydrogen) atoms. The standard InChI is InChI=1S/C20H19BrClF3N2O3S/c21-16-3-1-2-13(10-16)12-31(29,30)27-8-6-14(7-9-27)19(28)26-18-11-15(20(23,24)25)4-5-17(18)22/h1-5,10-11,14H,6-9,12H2,(H,26,28). The second-order valence-electron chi connectivity index (χ2n) is 7.24. The highest BCUT2D eigenvalue weighted by Crippen LogP contribution is 2.34. The van der Waals surface area contributed by atoms with Gasteiger partial charge in [-0.3, -0.25) is 4.79 Å². The Bertz CT molecular complexity index is 1070. The van der Waals surface area contributed by atoms with Gasteiger partial charge in [0, 0.05) is 23.5 Å². The van der Waals surface area contributed by atoms with Crippen LogP contribution >= 0.6 is 27.5 Å². The lowest BCUT2D eigenvalue weighted by Crippen LogP contribution is -2.41. The van der Waals surface area contributed by atoms with Gasteiger partial charge in [0.15, 0.2) is 0 Å². The molecule has 1 aliphatic heterocycles. The summed E-state index contributed by atoms with van der Waals surface area (Å²) in [5, 5.41) is 2.44. The molecular formula is C20H19BrClF3N2O3S. The Morgan fingerprint density at radius 2 is 1.84 bits per heavy atom. The van der Waals surface area contributed by atoms with Crippen molar-refractivity contribution in [3.63, 3.8) is 0 Å². The summed E-state index contributed by atoms with van der Waals surface area (Å²) in [6.07, 6.45) is -4.03. The molecule has 0 saturated carbocycles. The molecule has 0 spiro atoms. The van der Waals surface area contributed by atoms with Crippen LogP contribution in [0.4, 0.5) is 18.9 Å². The van der Waals surface area contributed by atoms with E-state index >= 15 is 0 Å². The Balaban J connectivity index is 1.61. The third-order valence-corrected chi connectivity index (χ3v) is 7.68. The van der Waals surface area contributed by atoms with Crippen LogP contribution in [-0.2, 0) is 26.7 Å². The van der Waals surface area contributed by atoms with Crippen molar-refractivity contribution in [2.45, 2.75) is 24.8 Å². The van der Waals surface area contributed by atoms with E-state index < -0.39 is 33.6 Å². The monoisotopic (exact) mass is 538 g/mol. The molecule has 0 unspecified atom stereocenters. The normalized spacial score (nSPS) is 16.3. The average molecular weight is 540 g/mol. The van der Waals surface area contributed by atoms with Gasteiger partial charge < -0.3 is 5.32 Å². The van der Waals surface area contributed by atoms with Crippen LogP contribution in [0.2, 0.25) is 5.02 Å². The molecule has 2 aromatic rings. The number of piperidine rings is 1. The van der Waals surface area contributed by atoms with Crippen LogP contribution in [0.1, 0.15) is 24.0 Å². The van der Waals surface area contributed by atoms with Crippen LogP contribution in [0.15, 0.2) is 46.9 Å². The molecule has 0 bridgehead atoms. The molecule has 168 valence electrons. The Kier molecular flexibility index (Phi) is 7.35. The first-order valence-electron chi connectivity index (χ1n) is 9.35. The minimum absolute atomic E-state index is 0.00427. The summed E-state index contributed by atoms with van der Waals surface area (Å²) < 4.78 is 66.2. The zero-order chi connectivity index (χ0) is 22.8. The predicted octanol–water partition coefficient (Wildman–Crippen LogP) is 5.30. The molecule has 0 radical (unpaired) electrons. The fourth-order valence-corrected chi connectivity index (χ4v) is 5.52. The maximum absolute atomic E-state index is 12.9. The SMILES string of the molecule is O=C(Nc1cc(C(F)(F)F)ccc1Cl)C1CCN(S(=O)(=O)Cc2cccc(Br)c2)CC1. The second kappa shape index (κ2) is 9.48. The number of anilines is 1. The number of sulfonamides is 1. The molecule has 1 N–H and O–H groups in total. The summed E-state index contributed by atoms with van der Waals surface area (Å²) in [4.78, 5) is 12.5. The quantitative estimate of drug-likeness (QED) is 0.561. The number of alkyl halides is 3. The van der Waals surface area contributed by atoms with E-state index in [1.807, 2.05) is 0 Å². The lowest BCUT2D eigenvalue weighted by atomic mass is 9.97. The Labute approximate surface area is 191 Å². The molecule has 2 aromatic carbocycles. The van der Waals surface area contributed by atoms with E-state index in [4.69, 9.17) is 11.6 Å². The third kappa shape index (κ3) is 6.21. The van der Waals surface area contributed by atoms with E-state index in [-0.39, 0.29) is 42.4 Å². The van der Waals surface area contributed by atoms with Crippen LogP contribution in [0, 0.1) is 5.92 Å². The summed E-state index contributed by atoms with van der Waals surface area (Å²) in [5.74, 6) is -1.16. The first-order valence-corrected chi connectivity index (χ1v) is 12.1. The van der Waals surface area contributed by atoms with E-state index in [2.05, 4.69) is 21.2 Å². The van der Waals surface area contributed by atoms with Crippen molar-refractivity contribution >= 4 is 49.1 Å². The number of nitrogens with one attached hydrogen (secondary N) is 1. The highest BCUT2D eigenvalue weighted by atomic mass is 79.9. The number of amides is 1. The maximum atomic E-state index is 12.9. The van der Waals surface area contributed by atoms with Crippen molar-refractivity contribution in [3.8, 4) is 0 Å². The van der Waals surface area contributed by atoms with Gasteiger partial charge in [-0.15, -0.1) is 0 Å². The number of rotatable bonds is 5. The first-order chi connectivity index (χ1) is 14.5. The minimum Gasteiger partial charge on any atom is -0.325 e. The van der Waals surface area contributed by atoms with Crippen LogP contribution < -0.4 is 5.32 Å². The molecule has 0 aromatic heterocycles. The van der Waals surface area contributed by atoms with E-state index in [0.29, 0.717) is 5.56 Å². The van der Waals surface area contributed by atoms with Crippen molar-refractivity contribution < 1.29 is 26.4 Å². The van der Waals surface area contributed by atoms with E-state index in [9.17, 15) is 26.4 Å². The number of carbonyl (C=O) groups is 1. The number of benzene rings is 2. The molecule has 1 heterocycles. The van der Waals surface area contributed by atoms with Crippen LogP contribution in [0.25, 0.3) is 0 Å². The van der Waals surface area contributed by atoms with Gasteiger partial charge in [0.25, 0.3) is 0 Å². The summed E-state index contributed by atoms with van der Waals surface area (Å²) in [7, 11) is -3.56. The van der Waals surface area contributed by atoms with E-state index in [0.717, 1.165) is 22.7 Å². The molecule has 5 nitrogen and oxygen atoms in total. The zero-order valence-corrected chi connectivity index (χ0v) is 19.3. The van der Waals surface area contributed by atoms with Crippen LogP contribution in [0.3, 0.4) is 0 Å². The Morgan fingerprint density at radius 1 is 1.16 bits per heavy atom. The highest BCUT2D eigenvalue weighted by molar-refractivity contribution is 9.10. The van der Waals surface area contributed by atoms with Crippen molar-refractivity contribution in [2.75, 3.05) is 18.4 Å². The number of halogens is 5. The van der Waals surface area contributed by atoms with E-state index in [1.165, 1.54) is 4.31 Å². The van der Waals surface area contributed by atoms with Crippen molar-refractivity contribution in [2.24, 2.45) is 5.92 Å². The van der Waals surface area contributed by atoms with Gasteiger partial charge in [-0.1, -0.05) is 39.7 Å². The lowest BCUT2D eigenvalue weighted by Gasteiger charge is -2.30. The number of hydrogen-bond donors (Lipinski definition) is 1. The summed E-state index contributed by atoms with van der Waals surface area (Å²) >= 11 is 9.24. The highest BCUT2D eigenvalue weighted by Gasteiger charge is 2.33. The largest absolute Gasteiger partial charge is 0.416 e. The van der Waals surface area contributed by atoms with Gasteiger partial charge in [0.05, 0.1) is 22.0 Å². The van der Waals surface area contributed by atoms with Gasteiger partial charge in [-0.25, -0.2) is 12.7 Å². The van der Waals surface area contributed by atoms with Gasteiger partial charge in [0.2, 0.25) is 15.9 Å². The molecule has 3 rings (SSSR count). The van der Waals surface area contributed by atoms with Gasteiger partial charge in [-0.05, 0) is 48.7 Å². The molecule has 0 aliphatic carbocycles. The molecule has 1 amide bonds. The van der Waals surface area contributed by atoms with Crippen molar-refractivity contribution in [3.05, 3.63) is 63.1 Å². The topological polar surface area (TPSA) is 66.5 Å². The fourth-order valence-electron chi connectivity index (χ4n) is 3.36. The smallest absolute Gasteiger partial charge is 0.325 e. The predicted molar refractivity (Wildman–Crippen MR) is 116 cm³/mol. The Morgan fingerprint density at radius 3 is 2.45 bits per heavy atom. The zero-order valence-electron chi connectivity index (χ0n) is 16.1. The van der Waals surface area contributed by atoms with Gasteiger partial charge in [0.1, 0.15) is 0 Å². The van der Waals surface area contributed by atoms with Gasteiger partial charge >= 0.3 is 6.18 Å². The number of nitrogens with zero attached hydrogens (tertiary/aromatic N) is 1. The molecule has 1 aliphatic rings. The summed E-state index contributed by atoms with van der Waals surface area (Å²) in [6, 6.07) is 9.72. The second-order valence-corrected chi connectivity index (χ2v) is 10.5. The van der Waals surface area contributed by atoms with Crippen molar-refractivity contribution in [1.29, 1.82) is 0 Å². The Hall–Kier alpha value is -1.62. The van der Waals surface area contributed by atoms with Crippen LogP contribution in [-0.4, -0.2) is 31.7 Å². The first kappa shape index (κ1) is 24.0. The lowest BCUT2D eigenvalue weighted by molar-refractivity contribution is -0.137.